The molecular weight excluding hydrogens is 216 g/mol. The Hall–Kier alpha value is -1.49. The molecule has 2 N–H and O–H groups in total. The van der Waals surface area contributed by atoms with Gasteiger partial charge in [-0.05, 0) is 31.5 Å². The maximum Gasteiger partial charge on any atom is 0.251 e. The van der Waals surface area contributed by atoms with Crippen LogP contribution in [0.4, 0.5) is 8.78 Å². The van der Waals surface area contributed by atoms with Gasteiger partial charge in [0.2, 0.25) is 0 Å². The largest absolute Gasteiger partial charge is 0.393 e. The van der Waals surface area contributed by atoms with Gasteiger partial charge in [-0.25, -0.2) is 8.78 Å². The highest BCUT2D eigenvalue weighted by Crippen LogP contribution is 2.08. The molecule has 1 unspecified atom stereocenters. The fraction of sp³-hybridized carbons (Fsp3) is 0.364. The number of hydrogen-bond acceptors (Lipinski definition) is 2. The molecule has 0 bridgehead atoms. The zero-order valence-corrected chi connectivity index (χ0v) is 8.84. The molecule has 0 aliphatic rings. The van der Waals surface area contributed by atoms with E-state index >= 15 is 0 Å². The molecule has 1 aromatic rings. The third-order valence-corrected chi connectivity index (χ3v) is 2.03. The van der Waals surface area contributed by atoms with E-state index in [-0.39, 0.29) is 12.1 Å². The predicted molar refractivity (Wildman–Crippen MR) is 55.0 cm³/mol. The van der Waals surface area contributed by atoms with Crippen LogP contribution in [0.15, 0.2) is 18.2 Å². The summed E-state index contributed by atoms with van der Waals surface area (Å²) in [5, 5.41) is 11.4. The SMILES string of the molecule is CC(O)CCNC(=O)c1ccc(F)c(F)c1. The molecule has 1 atom stereocenters. The predicted octanol–water partition coefficient (Wildman–Crippen LogP) is 1.47. The summed E-state index contributed by atoms with van der Waals surface area (Å²) < 4.78 is 25.4. The summed E-state index contributed by atoms with van der Waals surface area (Å²) >= 11 is 0. The van der Waals surface area contributed by atoms with Crippen molar-refractivity contribution in [3.05, 3.63) is 35.4 Å². The standard InChI is InChI=1S/C11H13F2NO2/c1-7(15)4-5-14-11(16)8-2-3-9(12)10(13)6-8/h2-3,6-7,15H,4-5H2,1H3,(H,14,16). The molecule has 88 valence electrons. The zero-order chi connectivity index (χ0) is 12.1. The summed E-state index contributed by atoms with van der Waals surface area (Å²) in [4.78, 5) is 11.4. The van der Waals surface area contributed by atoms with Crippen molar-refractivity contribution < 1.29 is 18.7 Å². The fourth-order valence-electron chi connectivity index (χ4n) is 1.13. The number of hydrogen-bond donors (Lipinski definition) is 2. The molecule has 1 amide bonds. The average molecular weight is 229 g/mol. The Morgan fingerprint density at radius 1 is 1.44 bits per heavy atom. The van der Waals surface area contributed by atoms with Gasteiger partial charge in [-0.15, -0.1) is 0 Å². The Morgan fingerprint density at radius 3 is 2.69 bits per heavy atom. The van der Waals surface area contributed by atoms with Crippen LogP contribution in [0.2, 0.25) is 0 Å². The lowest BCUT2D eigenvalue weighted by Gasteiger charge is -2.06. The number of halogens is 2. The van der Waals surface area contributed by atoms with Gasteiger partial charge < -0.3 is 10.4 Å². The van der Waals surface area contributed by atoms with E-state index in [2.05, 4.69) is 5.32 Å². The molecule has 0 aliphatic carbocycles. The highest BCUT2D eigenvalue weighted by atomic mass is 19.2. The first-order valence-electron chi connectivity index (χ1n) is 4.92. The smallest absolute Gasteiger partial charge is 0.251 e. The van der Waals surface area contributed by atoms with Crippen LogP contribution in [0.25, 0.3) is 0 Å². The van der Waals surface area contributed by atoms with Crippen molar-refractivity contribution in [1.82, 2.24) is 5.32 Å². The minimum Gasteiger partial charge on any atom is -0.393 e. The number of carbonyl (C=O) groups excluding carboxylic acids is 1. The van der Waals surface area contributed by atoms with Crippen molar-refractivity contribution in [2.75, 3.05) is 6.54 Å². The van der Waals surface area contributed by atoms with Crippen LogP contribution in [0.3, 0.4) is 0 Å². The summed E-state index contributed by atoms with van der Waals surface area (Å²) in [5.74, 6) is -2.52. The van der Waals surface area contributed by atoms with Crippen molar-refractivity contribution in [1.29, 1.82) is 0 Å². The van der Waals surface area contributed by atoms with Crippen LogP contribution in [-0.4, -0.2) is 23.7 Å². The summed E-state index contributed by atoms with van der Waals surface area (Å²) in [6, 6.07) is 2.95. The van der Waals surface area contributed by atoms with E-state index in [0.29, 0.717) is 6.42 Å². The highest BCUT2D eigenvalue weighted by molar-refractivity contribution is 5.94. The van der Waals surface area contributed by atoms with Gasteiger partial charge in [-0.2, -0.15) is 0 Å². The molecule has 0 saturated carbocycles. The van der Waals surface area contributed by atoms with Crippen LogP contribution in [0, 0.1) is 11.6 Å². The van der Waals surface area contributed by atoms with Gasteiger partial charge in [0.05, 0.1) is 6.10 Å². The van der Waals surface area contributed by atoms with E-state index in [1.807, 2.05) is 0 Å². The Bertz CT molecular complexity index is 380. The summed E-state index contributed by atoms with van der Waals surface area (Å²) in [5.41, 5.74) is 0.0597. The monoisotopic (exact) mass is 229 g/mol. The van der Waals surface area contributed by atoms with E-state index in [0.717, 1.165) is 12.1 Å². The normalized spacial score (nSPS) is 12.2. The van der Waals surface area contributed by atoms with Crippen LogP contribution < -0.4 is 5.32 Å². The zero-order valence-electron chi connectivity index (χ0n) is 8.84. The highest BCUT2D eigenvalue weighted by Gasteiger charge is 2.09. The first kappa shape index (κ1) is 12.6. The third-order valence-electron chi connectivity index (χ3n) is 2.03. The van der Waals surface area contributed by atoms with Gasteiger partial charge in [0, 0.05) is 12.1 Å². The van der Waals surface area contributed by atoms with Crippen LogP contribution in [0.1, 0.15) is 23.7 Å². The summed E-state index contributed by atoms with van der Waals surface area (Å²) in [6.07, 6.45) is -0.0969. The molecule has 0 radical (unpaired) electrons. The van der Waals surface area contributed by atoms with Gasteiger partial charge in [-0.3, -0.25) is 4.79 Å². The second-order valence-electron chi connectivity index (χ2n) is 3.52. The van der Waals surface area contributed by atoms with Gasteiger partial charge >= 0.3 is 0 Å². The molecule has 1 rings (SSSR count). The lowest BCUT2D eigenvalue weighted by Crippen LogP contribution is -2.26. The van der Waals surface area contributed by atoms with Gasteiger partial charge in [0.1, 0.15) is 0 Å². The average Bonchev–Trinajstić information content (AvgIpc) is 2.21. The van der Waals surface area contributed by atoms with Gasteiger partial charge in [0.25, 0.3) is 5.91 Å². The van der Waals surface area contributed by atoms with Crippen LogP contribution in [-0.2, 0) is 0 Å². The molecule has 0 saturated heterocycles. The number of carbonyl (C=O) groups is 1. The topological polar surface area (TPSA) is 49.3 Å². The van der Waals surface area contributed by atoms with Crippen molar-refractivity contribution >= 4 is 5.91 Å². The molecule has 0 heterocycles. The minimum atomic E-state index is -1.05. The fourth-order valence-corrected chi connectivity index (χ4v) is 1.13. The maximum atomic E-state index is 12.8. The number of rotatable bonds is 4. The van der Waals surface area contributed by atoms with E-state index in [1.54, 1.807) is 6.92 Å². The van der Waals surface area contributed by atoms with Crippen molar-refractivity contribution in [2.24, 2.45) is 0 Å². The second kappa shape index (κ2) is 5.55. The lowest BCUT2D eigenvalue weighted by molar-refractivity contribution is 0.0945. The molecule has 0 aliphatic heterocycles. The van der Waals surface area contributed by atoms with E-state index < -0.39 is 23.6 Å². The first-order chi connectivity index (χ1) is 7.50. The van der Waals surface area contributed by atoms with Crippen molar-refractivity contribution in [3.8, 4) is 0 Å². The lowest BCUT2D eigenvalue weighted by atomic mass is 10.2. The molecule has 0 fully saturated rings. The number of benzene rings is 1. The van der Waals surface area contributed by atoms with Gasteiger partial charge in [-0.1, -0.05) is 0 Å². The number of aliphatic hydroxyl groups is 1. The van der Waals surface area contributed by atoms with Crippen LogP contribution >= 0.6 is 0 Å². The minimum absolute atomic E-state index is 0.0597. The number of nitrogens with one attached hydrogen (secondary N) is 1. The molecule has 0 aromatic heterocycles. The van der Waals surface area contributed by atoms with E-state index in [1.165, 1.54) is 6.07 Å². The van der Waals surface area contributed by atoms with Crippen molar-refractivity contribution in [3.63, 3.8) is 0 Å². The number of aliphatic hydroxyl groups excluding tert-OH is 1. The summed E-state index contributed by atoms with van der Waals surface area (Å²) in [6.45, 7) is 1.89. The second-order valence-corrected chi connectivity index (χ2v) is 3.52. The Labute approximate surface area is 92.1 Å². The Kier molecular flexibility index (Phi) is 4.37. The Balaban J connectivity index is 2.56. The summed E-state index contributed by atoms with van der Waals surface area (Å²) in [7, 11) is 0. The van der Waals surface area contributed by atoms with Gasteiger partial charge in [0.15, 0.2) is 11.6 Å². The maximum absolute atomic E-state index is 12.8. The molecule has 3 nitrogen and oxygen atoms in total. The van der Waals surface area contributed by atoms with E-state index in [9.17, 15) is 13.6 Å². The van der Waals surface area contributed by atoms with Crippen LogP contribution in [0.5, 0.6) is 0 Å². The quantitative estimate of drug-likeness (QED) is 0.821. The van der Waals surface area contributed by atoms with Crippen molar-refractivity contribution in [2.45, 2.75) is 19.4 Å². The Morgan fingerprint density at radius 2 is 2.12 bits per heavy atom. The molecular formula is C11H13F2NO2. The first-order valence-corrected chi connectivity index (χ1v) is 4.92. The number of amides is 1. The molecule has 1 aromatic carbocycles. The third kappa shape index (κ3) is 3.58. The molecule has 5 heteroatoms. The molecule has 0 spiro atoms. The molecule has 16 heavy (non-hydrogen) atoms. The van der Waals surface area contributed by atoms with E-state index in [4.69, 9.17) is 5.11 Å².